The smallest absolute Gasteiger partial charge is 0.136 e. The van der Waals surface area contributed by atoms with Gasteiger partial charge in [-0.1, -0.05) is 235 Å². The van der Waals surface area contributed by atoms with Gasteiger partial charge in [0, 0.05) is 62.6 Å². The van der Waals surface area contributed by atoms with E-state index in [2.05, 4.69) is 384 Å². The van der Waals surface area contributed by atoms with Crippen molar-refractivity contribution < 1.29 is 9.47 Å². The highest BCUT2D eigenvalue weighted by molar-refractivity contribution is 6.09. The molecule has 5 nitrogen and oxygen atoms in total. The van der Waals surface area contributed by atoms with Crippen molar-refractivity contribution in [3.8, 4) is 28.7 Å². The summed E-state index contributed by atoms with van der Waals surface area (Å²) in [5.74, 6) is 2.85. The summed E-state index contributed by atoms with van der Waals surface area (Å²) in [7, 11) is 0. The van der Waals surface area contributed by atoms with E-state index in [1.807, 2.05) is 0 Å². The van der Waals surface area contributed by atoms with E-state index in [0.717, 1.165) is 67.9 Å². The number of hydrogen-bond acceptors (Lipinski definition) is 4. The van der Waals surface area contributed by atoms with E-state index in [1.54, 1.807) is 0 Å². The van der Waals surface area contributed by atoms with Gasteiger partial charge < -0.3 is 23.8 Å². The van der Waals surface area contributed by atoms with Gasteiger partial charge in [0.05, 0.1) is 16.7 Å². The summed E-state index contributed by atoms with van der Waals surface area (Å²) in [4.78, 5) is 4.93. The van der Waals surface area contributed by atoms with E-state index < -0.39 is 0 Å². The number of nitrogens with zero attached hydrogens (tertiary/aromatic N) is 3. The van der Waals surface area contributed by atoms with Crippen molar-refractivity contribution in [2.45, 2.75) is 243 Å². The molecule has 0 amide bonds. The minimum absolute atomic E-state index is 0.0300. The van der Waals surface area contributed by atoms with Gasteiger partial charge >= 0.3 is 0 Å². The van der Waals surface area contributed by atoms with Crippen LogP contribution < -0.4 is 19.3 Å². The van der Waals surface area contributed by atoms with Crippen molar-refractivity contribution in [2.75, 3.05) is 9.80 Å². The Labute approximate surface area is 579 Å². The molecular formula is C91H113N3O2. The fourth-order valence-electron chi connectivity index (χ4n) is 12.6. The maximum atomic E-state index is 7.28. The first-order chi connectivity index (χ1) is 44.1. The second kappa shape index (κ2) is 24.8. The molecule has 10 aromatic rings. The van der Waals surface area contributed by atoms with Crippen LogP contribution in [0.5, 0.6) is 23.0 Å². The lowest BCUT2D eigenvalue weighted by Crippen LogP contribution is -2.21. The highest BCUT2D eigenvalue weighted by Gasteiger charge is 2.31. The van der Waals surface area contributed by atoms with Crippen molar-refractivity contribution in [3.05, 3.63) is 232 Å². The molecule has 0 N–H and O–H groups in total. The minimum Gasteiger partial charge on any atom is -0.457 e. The van der Waals surface area contributed by atoms with Gasteiger partial charge in [-0.15, -0.1) is 0 Å². The molecule has 0 aliphatic carbocycles. The molecule has 1 heterocycles. The Morgan fingerprint density at radius 2 is 0.521 bits per heavy atom. The van der Waals surface area contributed by atoms with Gasteiger partial charge in [0.2, 0.25) is 0 Å². The minimum atomic E-state index is -0.0802. The Morgan fingerprint density at radius 3 is 0.802 bits per heavy atom. The first-order valence-corrected chi connectivity index (χ1v) is 35.1. The summed E-state index contributed by atoms with van der Waals surface area (Å²) in [5.41, 5.74) is 21.7. The number of fused-ring (bicyclic) bond motifs is 3. The lowest BCUT2D eigenvalue weighted by molar-refractivity contribution is 0.453. The molecule has 0 aliphatic heterocycles. The number of para-hydroxylation sites is 1. The zero-order chi connectivity index (χ0) is 70.6. The number of ether oxygens (including phenoxy) is 2. The summed E-state index contributed by atoms with van der Waals surface area (Å²) >= 11 is 0. The number of rotatable bonds is 11. The predicted molar refractivity (Wildman–Crippen MR) is 416 cm³/mol. The van der Waals surface area contributed by atoms with Crippen molar-refractivity contribution in [1.29, 1.82) is 0 Å². The Hall–Kier alpha value is -8.02. The zero-order valence-electron chi connectivity index (χ0n) is 63.9. The van der Waals surface area contributed by atoms with Crippen LogP contribution in [0.25, 0.3) is 27.5 Å². The Bertz CT molecular complexity index is 4000. The molecule has 0 saturated carbocycles. The van der Waals surface area contributed by atoms with Crippen molar-refractivity contribution in [1.82, 2.24) is 4.57 Å². The van der Waals surface area contributed by atoms with E-state index in [0.29, 0.717) is 11.5 Å². The topological polar surface area (TPSA) is 29.9 Å². The number of aromatic nitrogens is 1. The molecule has 0 fully saturated rings. The van der Waals surface area contributed by atoms with E-state index in [-0.39, 0.29) is 48.7 Å². The van der Waals surface area contributed by atoms with Crippen molar-refractivity contribution in [3.63, 3.8) is 0 Å². The molecule has 10 rings (SSSR count). The van der Waals surface area contributed by atoms with Crippen LogP contribution in [-0.2, 0) is 48.7 Å². The predicted octanol–water partition coefficient (Wildman–Crippen LogP) is 27.3. The molecule has 0 unspecified atom stereocenters. The number of benzene rings is 9. The highest BCUT2D eigenvalue weighted by Crippen LogP contribution is 2.48. The van der Waals surface area contributed by atoms with Crippen LogP contribution in [0.15, 0.2) is 176 Å². The van der Waals surface area contributed by atoms with Gasteiger partial charge in [0.25, 0.3) is 0 Å². The van der Waals surface area contributed by atoms with Gasteiger partial charge in [0.15, 0.2) is 0 Å². The Morgan fingerprint density at radius 1 is 0.250 bits per heavy atom. The standard InChI is InChI=1S/C91H113N3O2/c1-58-81(95-75-38-34-68(35-39-75)92(70-47-60(84(5,6)7)43-61(48-70)85(8,9)10)71-49-62(86(11,12)13)44-63(50-71)87(14,15)16)56-74(94-79-32-30-29-31-77(79)78-55-59(83(2,3)4)33-42-80(78)94)57-82(58)96-76-40-36-69(37-41-76)93(72-51-64(88(17,18)19)45-65(52-72)89(20,21)22)73-53-66(90(23,24)25)46-67(54-73)91(26,27)28/h29-57H,1-28H3. The maximum Gasteiger partial charge on any atom is 0.136 e. The van der Waals surface area contributed by atoms with E-state index in [4.69, 9.17) is 9.47 Å². The van der Waals surface area contributed by atoms with E-state index in [9.17, 15) is 0 Å². The second-order valence-electron chi connectivity index (χ2n) is 36.8. The third kappa shape index (κ3) is 15.2. The molecule has 0 bridgehead atoms. The van der Waals surface area contributed by atoms with E-state index in [1.165, 1.54) is 60.8 Å². The van der Waals surface area contributed by atoms with Gasteiger partial charge in [-0.3, -0.25) is 0 Å². The highest BCUT2D eigenvalue weighted by atomic mass is 16.5. The summed E-state index contributed by atoms with van der Waals surface area (Å²) in [5, 5.41) is 2.40. The molecule has 96 heavy (non-hydrogen) atoms. The van der Waals surface area contributed by atoms with Gasteiger partial charge in [-0.2, -0.15) is 0 Å². The van der Waals surface area contributed by atoms with Gasteiger partial charge in [-0.25, -0.2) is 0 Å². The third-order valence-corrected chi connectivity index (χ3v) is 19.4. The fourth-order valence-corrected chi connectivity index (χ4v) is 12.6. The lowest BCUT2D eigenvalue weighted by atomic mass is 9.79. The lowest BCUT2D eigenvalue weighted by Gasteiger charge is -2.33. The van der Waals surface area contributed by atoms with Crippen LogP contribution in [-0.4, -0.2) is 4.57 Å². The third-order valence-electron chi connectivity index (χ3n) is 19.4. The average Bonchev–Trinajstić information content (AvgIpc) is 1.52. The summed E-state index contributed by atoms with van der Waals surface area (Å²) in [6.07, 6.45) is 0. The van der Waals surface area contributed by atoms with Crippen LogP contribution in [0.3, 0.4) is 0 Å². The monoisotopic (exact) mass is 1280 g/mol. The van der Waals surface area contributed by atoms with Gasteiger partial charge in [-0.05, 0) is 221 Å². The average molecular weight is 1280 g/mol. The number of hydrogen-bond donors (Lipinski definition) is 0. The molecule has 9 aromatic carbocycles. The number of anilines is 6. The largest absolute Gasteiger partial charge is 0.457 e. The van der Waals surface area contributed by atoms with E-state index >= 15 is 0 Å². The quantitative estimate of drug-likeness (QED) is 0.129. The molecular weight excluding hydrogens is 1170 g/mol. The van der Waals surface area contributed by atoms with Crippen LogP contribution in [0.2, 0.25) is 0 Å². The van der Waals surface area contributed by atoms with Crippen LogP contribution in [0.1, 0.15) is 243 Å². The summed E-state index contributed by atoms with van der Waals surface area (Å²) < 4.78 is 16.9. The molecule has 0 atom stereocenters. The fraction of sp³-hybridized carbons (Fsp3) is 0.407. The van der Waals surface area contributed by atoms with Gasteiger partial charge in [0.1, 0.15) is 23.0 Å². The van der Waals surface area contributed by atoms with Crippen molar-refractivity contribution in [2.24, 2.45) is 0 Å². The molecule has 5 heteroatoms. The summed E-state index contributed by atoms with van der Waals surface area (Å²) in [6.45, 7) is 64.7. The molecule has 0 aliphatic rings. The SMILES string of the molecule is Cc1c(Oc2ccc(N(c3cc(C(C)(C)C)cc(C(C)(C)C)c3)c3cc(C(C)(C)C)cc(C(C)(C)C)c3)cc2)cc(-n2c3ccccc3c3cc(C(C)(C)C)ccc32)cc1Oc1ccc(N(c2cc(C(C)(C)C)cc(C(C)(C)C)c2)c2cc(C(C)(C)C)cc(C(C)(C)C)c2)cc1. The van der Waals surface area contributed by atoms with Crippen molar-refractivity contribution >= 4 is 55.9 Å². The van der Waals surface area contributed by atoms with Crippen LogP contribution >= 0.6 is 0 Å². The molecule has 1 aromatic heterocycles. The molecule has 0 spiro atoms. The first-order valence-electron chi connectivity index (χ1n) is 35.1. The molecule has 0 saturated heterocycles. The Balaban J connectivity index is 1.14. The molecule has 0 radical (unpaired) electrons. The van der Waals surface area contributed by atoms with Crippen LogP contribution in [0.4, 0.5) is 34.1 Å². The summed E-state index contributed by atoms with van der Waals surface area (Å²) in [6, 6.07) is 66.4. The Kier molecular flexibility index (Phi) is 18.3. The second-order valence-corrected chi connectivity index (χ2v) is 36.8. The maximum absolute atomic E-state index is 7.28. The van der Waals surface area contributed by atoms with Crippen LogP contribution in [0, 0.1) is 6.92 Å². The molecule has 504 valence electrons. The normalized spacial score (nSPS) is 13.2. The zero-order valence-corrected chi connectivity index (χ0v) is 63.9. The first kappa shape index (κ1) is 70.8.